The molecule has 0 radical (unpaired) electrons. The standard InChI is InChI=1S/C15H23ClO2/c1-12(2)7-10(17)8-14(4)15(12)6-5-13(3,18-14)11(16)9-15/h11H,5-9H2,1-4H3/t11-,13+,14+,15-/m0/s1. The third-order valence-electron chi connectivity index (χ3n) is 6.18. The number of halogens is 1. The van der Waals surface area contributed by atoms with Crippen molar-refractivity contribution < 1.29 is 9.53 Å². The number of ketones is 1. The molecule has 2 heterocycles. The van der Waals surface area contributed by atoms with Crippen molar-refractivity contribution in [2.45, 2.75) is 76.4 Å². The SMILES string of the molecule is CC1(C)CC(=O)C[C@@]2(C)O[C@]3(C)CC[C@]12C[C@@H]3Cl. The fourth-order valence-corrected chi connectivity index (χ4v) is 5.50. The Hall–Kier alpha value is -0.0800. The first kappa shape index (κ1) is 12.9. The zero-order chi connectivity index (χ0) is 13.4. The van der Waals surface area contributed by atoms with Crippen molar-refractivity contribution in [1.82, 2.24) is 0 Å². The molecule has 0 amide bonds. The molecule has 4 aliphatic rings. The highest BCUT2D eigenvalue weighted by molar-refractivity contribution is 6.21. The molecule has 4 atom stereocenters. The number of carbonyl (C=O) groups is 1. The molecular formula is C15H23ClO2. The molecule has 2 aliphatic carbocycles. The van der Waals surface area contributed by atoms with Gasteiger partial charge in [0.15, 0.2) is 0 Å². The van der Waals surface area contributed by atoms with E-state index >= 15 is 0 Å². The lowest BCUT2D eigenvalue weighted by Crippen LogP contribution is -2.72. The molecule has 0 unspecified atom stereocenters. The van der Waals surface area contributed by atoms with Gasteiger partial charge in [0.25, 0.3) is 0 Å². The van der Waals surface area contributed by atoms with Gasteiger partial charge in [-0.3, -0.25) is 4.79 Å². The van der Waals surface area contributed by atoms with Crippen LogP contribution < -0.4 is 0 Å². The molecule has 4 rings (SSSR count). The molecule has 2 nitrogen and oxygen atoms in total. The van der Waals surface area contributed by atoms with Crippen molar-refractivity contribution in [3.63, 3.8) is 0 Å². The lowest BCUT2D eigenvalue weighted by Gasteiger charge is -2.70. The number of fused-ring (bicyclic) bond motifs is 2. The van der Waals surface area contributed by atoms with Gasteiger partial charge in [-0.15, -0.1) is 11.6 Å². The molecule has 2 aliphatic heterocycles. The van der Waals surface area contributed by atoms with E-state index < -0.39 is 0 Å². The minimum atomic E-state index is -0.315. The molecule has 3 heteroatoms. The summed E-state index contributed by atoms with van der Waals surface area (Å²) in [5.41, 5.74) is -0.500. The van der Waals surface area contributed by atoms with Crippen LogP contribution in [0.1, 0.15) is 59.8 Å². The van der Waals surface area contributed by atoms with Crippen molar-refractivity contribution in [2.75, 3.05) is 0 Å². The van der Waals surface area contributed by atoms with E-state index in [1.54, 1.807) is 0 Å². The minimum Gasteiger partial charge on any atom is -0.367 e. The van der Waals surface area contributed by atoms with Crippen LogP contribution in [0.25, 0.3) is 0 Å². The van der Waals surface area contributed by atoms with Gasteiger partial charge in [-0.25, -0.2) is 0 Å². The van der Waals surface area contributed by atoms with Crippen LogP contribution in [0, 0.1) is 10.8 Å². The number of Topliss-reactive ketones (excluding diaryl/α,β-unsaturated/α-hetero) is 1. The van der Waals surface area contributed by atoms with E-state index in [0.717, 1.165) is 19.3 Å². The average molecular weight is 271 g/mol. The molecule has 18 heavy (non-hydrogen) atoms. The van der Waals surface area contributed by atoms with Crippen LogP contribution in [0.2, 0.25) is 0 Å². The number of ether oxygens (including phenoxy) is 1. The van der Waals surface area contributed by atoms with Gasteiger partial charge in [0.1, 0.15) is 5.78 Å². The fourth-order valence-electron chi connectivity index (χ4n) is 5.09. The molecule has 2 saturated carbocycles. The van der Waals surface area contributed by atoms with Crippen LogP contribution in [0.3, 0.4) is 0 Å². The summed E-state index contributed by atoms with van der Waals surface area (Å²) in [5, 5.41) is 0.0757. The third-order valence-corrected chi connectivity index (χ3v) is 6.79. The Balaban J connectivity index is 2.12. The van der Waals surface area contributed by atoms with E-state index in [1.165, 1.54) is 0 Å². The van der Waals surface area contributed by atoms with Crippen LogP contribution in [0.4, 0.5) is 0 Å². The normalized spacial score (nSPS) is 54.3. The van der Waals surface area contributed by atoms with Gasteiger partial charge in [-0.05, 0) is 38.5 Å². The van der Waals surface area contributed by atoms with Crippen molar-refractivity contribution >= 4 is 17.4 Å². The Labute approximate surface area is 114 Å². The van der Waals surface area contributed by atoms with E-state index in [2.05, 4.69) is 27.7 Å². The maximum Gasteiger partial charge on any atom is 0.136 e. The molecule has 1 spiro atoms. The smallest absolute Gasteiger partial charge is 0.136 e. The van der Waals surface area contributed by atoms with Gasteiger partial charge < -0.3 is 4.74 Å². The predicted octanol–water partition coefficient (Wildman–Crippen LogP) is 3.70. The quantitative estimate of drug-likeness (QED) is 0.628. The van der Waals surface area contributed by atoms with E-state index in [0.29, 0.717) is 18.6 Å². The van der Waals surface area contributed by atoms with Gasteiger partial charge in [0.2, 0.25) is 0 Å². The summed E-state index contributed by atoms with van der Waals surface area (Å²) in [6.07, 6.45) is 4.39. The first-order chi connectivity index (χ1) is 8.14. The van der Waals surface area contributed by atoms with Gasteiger partial charge in [-0.1, -0.05) is 13.8 Å². The second kappa shape index (κ2) is 3.32. The highest BCUT2D eigenvalue weighted by Gasteiger charge is 2.70. The van der Waals surface area contributed by atoms with Crippen molar-refractivity contribution in [2.24, 2.45) is 10.8 Å². The number of rotatable bonds is 0. The predicted molar refractivity (Wildman–Crippen MR) is 71.8 cm³/mol. The molecule has 4 fully saturated rings. The molecule has 2 saturated heterocycles. The third kappa shape index (κ3) is 1.31. The van der Waals surface area contributed by atoms with E-state index in [1.807, 2.05) is 0 Å². The molecule has 0 aromatic carbocycles. The Morgan fingerprint density at radius 1 is 1.17 bits per heavy atom. The molecule has 0 aromatic heterocycles. The van der Waals surface area contributed by atoms with Gasteiger partial charge in [-0.2, -0.15) is 0 Å². The van der Waals surface area contributed by atoms with E-state index in [4.69, 9.17) is 16.3 Å². The number of carbonyl (C=O) groups excluding carboxylic acids is 1. The van der Waals surface area contributed by atoms with E-state index in [-0.39, 0.29) is 27.4 Å². The lowest BCUT2D eigenvalue weighted by atomic mass is 9.43. The molecule has 2 bridgehead atoms. The first-order valence-corrected chi connectivity index (χ1v) is 7.44. The van der Waals surface area contributed by atoms with Crippen molar-refractivity contribution in [3.8, 4) is 0 Å². The molecule has 0 aromatic rings. The fraction of sp³-hybridized carbons (Fsp3) is 0.933. The van der Waals surface area contributed by atoms with Crippen LogP contribution in [0.15, 0.2) is 0 Å². The monoisotopic (exact) mass is 270 g/mol. The molecule has 0 N–H and O–H groups in total. The van der Waals surface area contributed by atoms with Gasteiger partial charge in [0, 0.05) is 18.3 Å². The Morgan fingerprint density at radius 2 is 1.83 bits per heavy atom. The second-order valence-corrected chi connectivity index (χ2v) is 8.20. The van der Waals surface area contributed by atoms with Gasteiger partial charge in [0.05, 0.1) is 16.6 Å². The summed E-state index contributed by atoms with van der Waals surface area (Å²) in [6, 6.07) is 0. The zero-order valence-electron chi connectivity index (χ0n) is 11.8. The Kier molecular flexibility index (Phi) is 2.39. The summed E-state index contributed by atoms with van der Waals surface area (Å²) in [4.78, 5) is 12.1. The summed E-state index contributed by atoms with van der Waals surface area (Å²) in [5.74, 6) is 0.343. The summed E-state index contributed by atoms with van der Waals surface area (Å²) >= 11 is 6.58. The highest BCUT2D eigenvalue weighted by Crippen LogP contribution is 2.69. The zero-order valence-corrected chi connectivity index (χ0v) is 12.6. The molecule has 102 valence electrons. The second-order valence-electron chi connectivity index (χ2n) is 7.68. The maximum atomic E-state index is 12.1. The Morgan fingerprint density at radius 3 is 2.44 bits per heavy atom. The molecular weight excluding hydrogens is 248 g/mol. The van der Waals surface area contributed by atoms with Gasteiger partial charge >= 0.3 is 0 Å². The van der Waals surface area contributed by atoms with Crippen LogP contribution >= 0.6 is 11.6 Å². The number of hydrogen-bond acceptors (Lipinski definition) is 2. The largest absolute Gasteiger partial charge is 0.367 e. The van der Waals surface area contributed by atoms with Crippen molar-refractivity contribution in [3.05, 3.63) is 0 Å². The summed E-state index contributed by atoms with van der Waals surface area (Å²) in [7, 11) is 0. The average Bonchev–Trinajstić information content (AvgIpc) is 2.17. The minimum absolute atomic E-state index is 0.00796. The Bertz CT molecular complexity index is 419. The van der Waals surface area contributed by atoms with Crippen LogP contribution in [0.5, 0.6) is 0 Å². The highest BCUT2D eigenvalue weighted by atomic mass is 35.5. The topological polar surface area (TPSA) is 26.3 Å². The summed E-state index contributed by atoms with van der Waals surface area (Å²) in [6.45, 7) is 8.71. The van der Waals surface area contributed by atoms with Crippen LogP contribution in [-0.4, -0.2) is 22.4 Å². The van der Waals surface area contributed by atoms with Crippen LogP contribution in [-0.2, 0) is 9.53 Å². The number of alkyl halides is 1. The summed E-state index contributed by atoms with van der Waals surface area (Å²) < 4.78 is 6.42. The van der Waals surface area contributed by atoms with Crippen molar-refractivity contribution in [1.29, 1.82) is 0 Å². The number of hydrogen-bond donors (Lipinski definition) is 0. The maximum absolute atomic E-state index is 12.1. The van der Waals surface area contributed by atoms with E-state index in [9.17, 15) is 4.79 Å². The lowest BCUT2D eigenvalue weighted by molar-refractivity contribution is -0.312. The first-order valence-electron chi connectivity index (χ1n) is 7.00.